The van der Waals surface area contributed by atoms with Gasteiger partial charge < -0.3 is 9.64 Å². The Balaban J connectivity index is 2.44. The molecule has 94 valence electrons. The molecule has 0 atom stereocenters. The fourth-order valence-electron chi connectivity index (χ4n) is 1.91. The summed E-state index contributed by atoms with van der Waals surface area (Å²) in [5.74, 6) is 0.716. The molecule has 0 aliphatic carbocycles. The predicted molar refractivity (Wildman–Crippen MR) is 67.5 cm³/mol. The third-order valence-corrected chi connectivity index (χ3v) is 4.02. The molecule has 17 heavy (non-hydrogen) atoms. The molecule has 0 aromatic heterocycles. The maximum atomic E-state index is 11.3. The van der Waals surface area contributed by atoms with E-state index in [0.29, 0.717) is 12.4 Å². The minimum atomic E-state index is -3.68. The monoisotopic (exact) mass is 275 g/mol. The molecule has 0 spiro atoms. The first kappa shape index (κ1) is 12.5. The molecule has 0 bridgehead atoms. The summed E-state index contributed by atoms with van der Waals surface area (Å²) < 4.78 is 28.1. The Labute approximate surface area is 106 Å². The van der Waals surface area contributed by atoms with E-state index < -0.39 is 9.05 Å². The summed E-state index contributed by atoms with van der Waals surface area (Å²) in [4.78, 5) is 2.23. The lowest BCUT2D eigenvalue weighted by Gasteiger charge is -2.31. The minimum Gasteiger partial charge on any atom is -0.490 e. The van der Waals surface area contributed by atoms with Crippen LogP contribution in [0.1, 0.15) is 13.3 Å². The number of benzene rings is 1. The molecule has 1 aliphatic heterocycles. The van der Waals surface area contributed by atoms with Crippen LogP contribution >= 0.6 is 10.7 Å². The van der Waals surface area contributed by atoms with Gasteiger partial charge in [0.15, 0.2) is 0 Å². The van der Waals surface area contributed by atoms with Crippen LogP contribution in [0, 0.1) is 0 Å². The first-order chi connectivity index (χ1) is 8.02. The lowest BCUT2D eigenvalue weighted by Crippen LogP contribution is -2.33. The third kappa shape index (κ3) is 2.66. The van der Waals surface area contributed by atoms with Gasteiger partial charge in [-0.25, -0.2) is 8.42 Å². The fraction of sp³-hybridized carbons (Fsp3) is 0.455. The summed E-state index contributed by atoms with van der Waals surface area (Å²) in [5.41, 5.74) is 0.805. The van der Waals surface area contributed by atoms with E-state index in [1.54, 1.807) is 12.1 Å². The van der Waals surface area contributed by atoms with Crippen LogP contribution in [0.2, 0.25) is 0 Å². The number of fused-ring (bicyclic) bond motifs is 1. The van der Waals surface area contributed by atoms with Crippen LogP contribution in [-0.4, -0.2) is 28.1 Å². The number of nitrogens with zero attached hydrogens (tertiary/aromatic N) is 1. The van der Waals surface area contributed by atoms with Gasteiger partial charge in [-0.05, 0) is 24.6 Å². The van der Waals surface area contributed by atoms with E-state index >= 15 is 0 Å². The smallest absolute Gasteiger partial charge is 0.261 e. The van der Waals surface area contributed by atoms with Gasteiger partial charge in [0, 0.05) is 17.2 Å². The average Bonchev–Trinajstić information content (AvgIpc) is 2.28. The molecular formula is C11H14ClNO3S. The van der Waals surface area contributed by atoms with Crippen molar-refractivity contribution in [3.63, 3.8) is 0 Å². The Morgan fingerprint density at radius 2 is 2.24 bits per heavy atom. The summed E-state index contributed by atoms with van der Waals surface area (Å²) in [6.07, 6.45) is 0.997. The molecule has 4 nitrogen and oxygen atoms in total. The Morgan fingerprint density at radius 3 is 2.88 bits per heavy atom. The van der Waals surface area contributed by atoms with Crippen LogP contribution in [0.15, 0.2) is 23.1 Å². The summed E-state index contributed by atoms with van der Waals surface area (Å²) in [7, 11) is 1.65. The average molecular weight is 276 g/mol. The van der Waals surface area contributed by atoms with E-state index in [-0.39, 0.29) is 4.90 Å². The van der Waals surface area contributed by atoms with Gasteiger partial charge in [-0.15, -0.1) is 0 Å². The number of anilines is 1. The van der Waals surface area contributed by atoms with Crippen molar-refractivity contribution in [2.24, 2.45) is 0 Å². The first-order valence-electron chi connectivity index (χ1n) is 5.49. The summed E-state index contributed by atoms with van der Waals surface area (Å²) >= 11 is 0. The SMILES string of the molecule is CCCN1CCOc2ccc(S(=O)(=O)Cl)cc21. The van der Waals surface area contributed by atoms with Crippen molar-refractivity contribution in [3.8, 4) is 5.75 Å². The number of hydrogen-bond donors (Lipinski definition) is 0. The van der Waals surface area contributed by atoms with E-state index in [1.165, 1.54) is 6.07 Å². The van der Waals surface area contributed by atoms with Crippen LogP contribution < -0.4 is 9.64 Å². The standard InChI is InChI=1S/C11H14ClNO3S/c1-2-5-13-6-7-16-11-4-3-9(8-10(11)13)17(12,14)15/h3-4,8H,2,5-7H2,1H3. The molecule has 1 aliphatic rings. The van der Waals surface area contributed by atoms with Gasteiger partial charge in [-0.2, -0.15) is 0 Å². The number of ether oxygens (including phenoxy) is 1. The van der Waals surface area contributed by atoms with Gasteiger partial charge in [0.25, 0.3) is 9.05 Å². The van der Waals surface area contributed by atoms with Crippen molar-refractivity contribution in [1.29, 1.82) is 0 Å². The molecule has 6 heteroatoms. The highest BCUT2D eigenvalue weighted by atomic mass is 35.7. The zero-order chi connectivity index (χ0) is 12.5. The van der Waals surface area contributed by atoms with Crippen LogP contribution in [-0.2, 0) is 9.05 Å². The Morgan fingerprint density at radius 1 is 1.47 bits per heavy atom. The first-order valence-corrected chi connectivity index (χ1v) is 7.80. The molecule has 0 saturated carbocycles. The molecule has 0 amide bonds. The highest BCUT2D eigenvalue weighted by molar-refractivity contribution is 8.13. The summed E-state index contributed by atoms with van der Waals surface area (Å²) in [6.45, 7) is 4.35. The highest BCUT2D eigenvalue weighted by Crippen LogP contribution is 2.34. The fourth-order valence-corrected chi connectivity index (χ4v) is 2.68. The van der Waals surface area contributed by atoms with Crippen LogP contribution in [0.4, 0.5) is 5.69 Å². The Kier molecular flexibility index (Phi) is 3.49. The molecule has 1 heterocycles. The summed E-state index contributed by atoms with van der Waals surface area (Å²) in [6, 6.07) is 4.70. The van der Waals surface area contributed by atoms with Crippen LogP contribution in [0.25, 0.3) is 0 Å². The van der Waals surface area contributed by atoms with Gasteiger partial charge >= 0.3 is 0 Å². The molecule has 1 aromatic carbocycles. The van der Waals surface area contributed by atoms with Gasteiger partial charge in [0.05, 0.1) is 17.1 Å². The van der Waals surface area contributed by atoms with Crippen molar-refractivity contribution in [2.75, 3.05) is 24.6 Å². The number of rotatable bonds is 3. The molecule has 0 unspecified atom stereocenters. The second-order valence-electron chi connectivity index (χ2n) is 3.90. The highest BCUT2D eigenvalue weighted by Gasteiger charge is 2.20. The molecule has 2 rings (SSSR count). The van der Waals surface area contributed by atoms with Crippen LogP contribution in [0.5, 0.6) is 5.75 Å². The van der Waals surface area contributed by atoms with E-state index in [1.807, 2.05) is 0 Å². The van der Waals surface area contributed by atoms with Crippen LogP contribution in [0.3, 0.4) is 0 Å². The third-order valence-electron chi connectivity index (χ3n) is 2.66. The quantitative estimate of drug-likeness (QED) is 0.794. The van der Waals surface area contributed by atoms with Crippen molar-refractivity contribution in [1.82, 2.24) is 0 Å². The Hall–Kier alpha value is -0.940. The van der Waals surface area contributed by atoms with Crippen molar-refractivity contribution >= 4 is 25.4 Å². The van der Waals surface area contributed by atoms with Gasteiger partial charge in [-0.3, -0.25) is 0 Å². The van der Waals surface area contributed by atoms with E-state index in [9.17, 15) is 8.42 Å². The maximum Gasteiger partial charge on any atom is 0.261 e. The predicted octanol–water partition coefficient (Wildman–Crippen LogP) is 2.22. The van der Waals surface area contributed by atoms with Crippen molar-refractivity contribution < 1.29 is 13.2 Å². The molecule has 0 saturated heterocycles. The zero-order valence-corrected chi connectivity index (χ0v) is 11.1. The van der Waals surface area contributed by atoms with Gasteiger partial charge in [0.2, 0.25) is 0 Å². The summed E-state index contributed by atoms with van der Waals surface area (Å²) in [5, 5.41) is 0. The van der Waals surface area contributed by atoms with E-state index in [4.69, 9.17) is 15.4 Å². The molecule has 0 N–H and O–H groups in total. The normalized spacial score (nSPS) is 15.3. The van der Waals surface area contributed by atoms with Gasteiger partial charge in [0.1, 0.15) is 12.4 Å². The molecule has 0 fully saturated rings. The second kappa shape index (κ2) is 4.74. The van der Waals surface area contributed by atoms with Crippen molar-refractivity contribution in [3.05, 3.63) is 18.2 Å². The number of hydrogen-bond acceptors (Lipinski definition) is 4. The molecular weight excluding hydrogens is 262 g/mol. The second-order valence-corrected chi connectivity index (χ2v) is 6.47. The van der Waals surface area contributed by atoms with Gasteiger partial charge in [-0.1, -0.05) is 6.92 Å². The maximum absolute atomic E-state index is 11.3. The van der Waals surface area contributed by atoms with Crippen molar-refractivity contribution in [2.45, 2.75) is 18.2 Å². The largest absolute Gasteiger partial charge is 0.490 e. The topological polar surface area (TPSA) is 46.6 Å². The lowest BCUT2D eigenvalue weighted by atomic mass is 10.2. The molecule has 0 radical (unpaired) electrons. The lowest BCUT2D eigenvalue weighted by molar-refractivity contribution is 0.307. The van der Waals surface area contributed by atoms with E-state index in [0.717, 1.165) is 25.2 Å². The minimum absolute atomic E-state index is 0.115. The van der Waals surface area contributed by atoms with E-state index in [2.05, 4.69) is 11.8 Å². The zero-order valence-electron chi connectivity index (χ0n) is 9.52. The Bertz CT molecular complexity index is 515. The number of halogens is 1. The molecule has 1 aromatic rings.